The van der Waals surface area contributed by atoms with Gasteiger partial charge >= 0.3 is 0 Å². The van der Waals surface area contributed by atoms with Crippen LogP contribution in [0.5, 0.6) is 0 Å². The van der Waals surface area contributed by atoms with Crippen LogP contribution in [-0.4, -0.2) is 10.7 Å². The fourth-order valence-electron chi connectivity index (χ4n) is 3.39. The Bertz CT molecular complexity index is 730. The van der Waals surface area contributed by atoms with Crippen molar-refractivity contribution in [2.75, 3.05) is 5.32 Å². The van der Waals surface area contributed by atoms with Crippen LogP contribution < -0.4 is 5.32 Å². The Kier molecular flexibility index (Phi) is 4.89. The first-order chi connectivity index (χ1) is 11.7. The molecule has 1 fully saturated rings. The van der Waals surface area contributed by atoms with Gasteiger partial charge in [0, 0.05) is 24.1 Å². The van der Waals surface area contributed by atoms with Gasteiger partial charge in [0.1, 0.15) is 5.78 Å². The third-order valence-electron chi connectivity index (χ3n) is 4.57. The third-order valence-corrected chi connectivity index (χ3v) is 4.57. The lowest BCUT2D eigenvalue weighted by Crippen LogP contribution is -2.30. The number of benzene rings is 2. The maximum absolute atomic E-state index is 12.5. The molecule has 0 radical (unpaired) electrons. The van der Waals surface area contributed by atoms with Crippen LogP contribution in [0.1, 0.15) is 37.3 Å². The number of ketones is 1. The first-order valence-electron chi connectivity index (χ1n) is 8.24. The van der Waals surface area contributed by atoms with Crippen molar-refractivity contribution >= 4 is 17.2 Å². The lowest BCUT2D eigenvalue weighted by atomic mass is 9.79. The van der Waals surface area contributed by atoms with Crippen LogP contribution in [0.3, 0.4) is 0 Å². The van der Waals surface area contributed by atoms with Gasteiger partial charge in [-0.15, -0.1) is 0 Å². The van der Waals surface area contributed by atoms with E-state index >= 15 is 0 Å². The summed E-state index contributed by atoms with van der Waals surface area (Å²) < 4.78 is 0. The number of Topliss-reactive ketones (excluding diaryl/α,β-unsaturated/α-hetero) is 1. The first kappa shape index (κ1) is 16.2. The van der Waals surface area contributed by atoms with Crippen LogP contribution in [0, 0.1) is 16.0 Å². The Morgan fingerprint density at radius 1 is 1.04 bits per heavy atom. The summed E-state index contributed by atoms with van der Waals surface area (Å²) >= 11 is 0. The highest BCUT2D eigenvalue weighted by molar-refractivity contribution is 5.83. The molecule has 124 valence electrons. The van der Waals surface area contributed by atoms with Gasteiger partial charge in [-0.1, -0.05) is 42.8 Å². The fourth-order valence-corrected chi connectivity index (χ4v) is 3.39. The van der Waals surface area contributed by atoms with Gasteiger partial charge in [0.2, 0.25) is 0 Å². The van der Waals surface area contributed by atoms with Crippen molar-refractivity contribution in [1.82, 2.24) is 0 Å². The topological polar surface area (TPSA) is 72.2 Å². The molecule has 2 aromatic rings. The van der Waals surface area contributed by atoms with Gasteiger partial charge in [-0.3, -0.25) is 14.9 Å². The van der Waals surface area contributed by atoms with Gasteiger partial charge in [-0.2, -0.15) is 0 Å². The van der Waals surface area contributed by atoms with E-state index in [-0.39, 0.29) is 28.4 Å². The number of hydrogen-bond donors (Lipinski definition) is 1. The fraction of sp³-hybridized carbons (Fsp3) is 0.316. The molecule has 1 aliphatic rings. The minimum absolute atomic E-state index is 0.0595. The molecule has 24 heavy (non-hydrogen) atoms. The molecule has 1 saturated carbocycles. The molecule has 0 aromatic heterocycles. The van der Waals surface area contributed by atoms with E-state index in [1.54, 1.807) is 18.2 Å². The van der Waals surface area contributed by atoms with Gasteiger partial charge in [0.15, 0.2) is 0 Å². The molecule has 0 saturated heterocycles. The lowest BCUT2D eigenvalue weighted by Gasteiger charge is -2.30. The van der Waals surface area contributed by atoms with E-state index in [0.29, 0.717) is 12.0 Å². The molecule has 5 heteroatoms. The first-order valence-corrected chi connectivity index (χ1v) is 8.24. The van der Waals surface area contributed by atoms with Crippen molar-refractivity contribution < 1.29 is 9.72 Å². The zero-order valence-corrected chi connectivity index (χ0v) is 13.4. The Balaban J connectivity index is 2.01. The number of nitro groups is 1. The summed E-state index contributed by atoms with van der Waals surface area (Å²) in [4.78, 5) is 23.5. The molecule has 0 heterocycles. The largest absolute Gasteiger partial charge is 0.377 e. The van der Waals surface area contributed by atoms with Crippen molar-refractivity contribution in [3.63, 3.8) is 0 Å². The SMILES string of the molecule is O=C1CCCC[C@H]1[C@H](Nc1ccccc1)c1ccccc1[N+](=O)[O-]. The third kappa shape index (κ3) is 3.45. The van der Waals surface area contributed by atoms with E-state index < -0.39 is 0 Å². The molecular formula is C19H20N2O3. The van der Waals surface area contributed by atoms with E-state index in [1.807, 2.05) is 30.3 Å². The average molecular weight is 324 g/mol. The lowest BCUT2D eigenvalue weighted by molar-refractivity contribution is -0.385. The van der Waals surface area contributed by atoms with E-state index in [9.17, 15) is 14.9 Å². The van der Waals surface area contributed by atoms with E-state index in [0.717, 1.165) is 24.9 Å². The number of nitrogens with one attached hydrogen (secondary N) is 1. The summed E-state index contributed by atoms with van der Waals surface area (Å²) in [6, 6.07) is 15.9. The summed E-state index contributed by atoms with van der Waals surface area (Å²) in [6.07, 6.45) is 3.20. The summed E-state index contributed by atoms with van der Waals surface area (Å²) in [5, 5.41) is 14.8. The van der Waals surface area contributed by atoms with Crippen molar-refractivity contribution in [2.45, 2.75) is 31.7 Å². The van der Waals surface area contributed by atoms with E-state index in [1.165, 1.54) is 6.07 Å². The highest BCUT2D eigenvalue weighted by atomic mass is 16.6. The molecule has 0 aliphatic heterocycles. The predicted molar refractivity (Wildman–Crippen MR) is 92.9 cm³/mol. The van der Waals surface area contributed by atoms with Crippen molar-refractivity contribution in [2.24, 2.45) is 5.92 Å². The van der Waals surface area contributed by atoms with Crippen LogP contribution in [0.4, 0.5) is 11.4 Å². The van der Waals surface area contributed by atoms with Gasteiger partial charge in [-0.25, -0.2) is 0 Å². The second-order valence-corrected chi connectivity index (χ2v) is 6.12. The summed E-state index contributed by atoms with van der Waals surface area (Å²) in [7, 11) is 0. The molecule has 3 rings (SSSR count). The maximum atomic E-state index is 12.5. The average Bonchev–Trinajstić information content (AvgIpc) is 2.61. The van der Waals surface area contributed by atoms with Crippen LogP contribution in [0.25, 0.3) is 0 Å². The summed E-state index contributed by atoms with van der Waals surface area (Å²) in [5.41, 5.74) is 1.50. The molecule has 1 N–H and O–H groups in total. The molecule has 0 bridgehead atoms. The maximum Gasteiger partial charge on any atom is 0.274 e. The minimum atomic E-state index is -0.387. The van der Waals surface area contributed by atoms with Crippen molar-refractivity contribution in [1.29, 1.82) is 0 Å². The molecule has 2 atom stereocenters. The molecule has 0 spiro atoms. The number of carbonyl (C=O) groups is 1. The normalized spacial score (nSPS) is 18.8. The van der Waals surface area contributed by atoms with Gasteiger partial charge in [0.05, 0.1) is 16.5 Å². The quantitative estimate of drug-likeness (QED) is 0.649. The molecular weight excluding hydrogens is 304 g/mol. The second-order valence-electron chi connectivity index (χ2n) is 6.12. The second kappa shape index (κ2) is 7.25. The number of anilines is 1. The van der Waals surface area contributed by atoms with Crippen LogP contribution >= 0.6 is 0 Å². The zero-order chi connectivity index (χ0) is 16.9. The summed E-state index contributed by atoms with van der Waals surface area (Å²) in [6.45, 7) is 0. The number of nitro benzene ring substituents is 1. The Morgan fingerprint density at radius 3 is 2.46 bits per heavy atom. The highest BCUT2D eigenvalue weighted by Gasteiger charge is 2.34. The Morgan fingerprint density at radius 2 is 1.75 bits per heavy atom. The summed E-state index contributed by atoms with van der Waals surface area (Å²) in [5.74, 6) is -0.0483. The number of hydrogen-bond acceptors (Lipinski definition) is 4. The Labute approximate surface area is 140 Å². The minimum Gasteiger partial charge on any atom is -0.377 e. The molecule has 2 aromatic carbocycles. The van der Waals surface area contributed by atoms with Gasteiger partial charge in [-0.05, 0) is 25.0 Å². The molecule has 0 unspecified atom stereocenters. The molecule has 5 nitrogen and oxygen atoms in total. The number of rotatable bonds is 5. The highest BCUT2D eigenvalue weighted by Crippen LogP contribution is 2.38. The van der Waals surface area contributed by atoms with E-state index in [2.05, 4.69) is 5.32 Å². The predicted octanol–water partition coefficient (Wildman–Crippen LogP) is 4.51. The standard InChI is InChI=1S/C19H20N2O3/c22-18-13-7-5-11-16(18)19(20-14-8-2-1-3-9-14)15-10-4-6-12-17(15)21(23)24/h1-4,6,8-10,12,16,19-20H,5,7,11,13H2/t16-,19-/m1/s1. The molecule has 0 amide bonds. The van der Waals surface area contributed by atoms with Crippen LogP contribution in [0.2, 0.25) is 0 Å². The van der Waals surface area contributed by atoms with Gasteiger partial charge in [0.25, 0.3) is 5.69 Å². The number of para-hydroxylation sites is 2. The Hall–Kier alpha value is -2.69. The monoisotopic (exact) mass is 324 g/mol. The van der Waals surface area contributed by atoms with E-state index in [4.69, 9.17) is 0 Å². The number of nitrogens with zero attached hydrogens (tertiary/aromatic N) is 1. The smallest absolute Gasteiger partial charge is 0.274 e. The zero-order valence-electron chi connectivity index (χ0n) is 13.4. The van der Waals surface area contributed by atoms with Crippen LogP contribution in [0.15, 0.2) is 54.6 Å². The molecule has 1 aliphatic carbocycles. The van der Waals surface area contributed by atoms with Crippen molar-refractivity contribution in [3.05, 3.63) is 70.3 Å². The van der Waals surface area contributed by atoms with Crippen molar-refractivity contribution in [3.8, 4) is 0 Å². The number of carbonyl (C=O) groups excluding carboxylic acids is 1. The van der Waals surface area contributed by atoms with Gasteiger partial charge < -0.3 is 5.32 Å². The van der Waals surface area contributed by atoms with Crippen LogP contribution in [-0.2, 0) is 4.79 Å².